The van der Waals surface area contributed by atoms with E-state index in [1.54, 1.807) is 14.2 Å². The summed E-state index contributed by atoms with van der Waals surface area (Å²) in [5.41, 5.74) is 4.38. The third-order valence-corrected chi connectivity index (χ3v) is 7.17. The quantitative estimate of drug-likeness (QED) is 0.0933. The maximum absolute atomic E-state index is 5.38. The van der Waals surface area contributed by atoms with Gasteiger partial charge in [0, 0.05) is 0 Å². The Kier molecular flexibility index (Phi) is 16.9. The first-order chi connectivity index (χ1) is 18.7. The van der Waals surface area contributed by atoms with E-state index < -0.39 is 0 Å². The smallest absolute Gasteiger partial charge is 0.118 e. The lowest BCUT2D eigenvalue weighted by Crippen LogP contribution is -2.04. The average molecular weight is 521 g/mol. The number of hydrogen-bond acceptors (Lipinski definition) is 4. The van der Waals surface area contributed by atoms with E-state index in [0.29, 0.717) is 0 Å². The van der Waals surface area contributed by atoms with Crippen LogP contribution in [0.3, 0.4) is 0 Å². The minimum Gasteiger partial charge on any atom is -0.497 e. The highest BCUT2D eigenvalue weighted by atomic mass is 16.5. The van der Waals surface area contributed by atoms with Crippen LogP contribution in [0.4, 0.5) is 0 Å². The fourth-order valence-corrected chi connectivity index (χ4v) is 4.69. The summed E-state index contributed by atoms with van der Waals surface area (Å²) in [6.07, 6.45) is 19.9. The van der Waals surface area contributed by atoms with Gasteiger partial charge in [0.05, 0.1) is 25.6 Å². The molecule has 0 spiro atoms. The first kappa shape index (κ1) is 31.6. The van der Waals surface area contributed by atoms with Gasteiger partial charge >= 0.3 is 0 Å². The van der Waals surface area contributed by atoms with Crippen LogP contribution in [-0.4, -0.2) is 25.6 Å². The summed E-state index contributed by atoms with van der Waals surface area (Å²) < 4.78 is 10.8. The molecule has 0 fully saturated rings. The molecule has 2 aromatic rings. The topological polar surface area (TPSA) is 43.2 Å². The van der Waals surface area contributed by atoms with E-state index in [9.17, 15) is 0 Å². The Morgan fingerprint density at radius 2 is 0.789 bits per heavy atom. The van der Waals surface area contributed by atoms with Gasteiger partial charge in [-0.2, -0.15) is 10.2 Å². The predicted octanol–water partition coefficient (Wildman–Crippen LogP) is 10.2. The van der Waals surface area contributed by atoms with Gasteiger partial charge in [-0.05, 0) is 85.3 Å². The standard InChI is InChI=1S/C34H52N2O2/c1-5-7-9-11-13-15-17-19-33(29-21-25-31(37-3)26-22-29)35-36-34(20-18-16-14-12-10-8-6-2)30-23-27-32(38-4)28-24-30/h21-28H,5-20H2,1-4H3/b35-33-,36-34-. The Morgan fingerprint density at radius 3 is 1.11 bits per heavy atom. The molecule has 0 saturated carbocycles. The second kappa shape index (κ2) is 20.4. The normalized spacial score (nSPS) is 12.1. The Morgan fingerprint density at radius 1 is 0.474 bits per heavy atom. The molecule has 210 valence electrons. The molecule has 0 aliphatic rings. The molecule has 0 heterocycles. The minimum absolute atomic E-state index is 0.866. The number of nitrogens with zero attached hydrogens (tertiary/aromatic N) is 2. The van der Waals surface area contributed by atoms with Crippen LogP contribution in [0.15, 0.2) is 58.7 Å². The lowest BCUT2D eigenvalue weighted by molar-refractivity contribution is 0.414. The highest BCUT2D eigenvalue weighted by Crippen LogP contribution is 2.19. The number of unbranched alkanes of at least 4 members (excludes halogenated alkanes) is 12. The largest absolute Gasteiger partial charge is 0.497 e. The molecular weight excluding hydrogens is 468 g/mol. The maximum atomic E-state index is 5.38. The summed E-state index contributed by atoms with van der Waals surface area (Å²) in [5.74, 6) is 1.73. The van der Waals surface area contributed by atoms with Crippen molar-refractivity contribution in [1.82, 2.24) is 0 Å². The molecule has 0 amide bonds. The van der Waals surface area contributed by atoms with Gasteiger partial charge in [0.15, 0.2) is 0 Å². The monoisotopic (exact) mass is 520 g/mol. The third-order valence-electron chi connectivity index (χ3n) is 7.17. The van der Waals surface area contributed by atoms with E-state index in [0.717, 1.165) is 59.7 Å². The Balaban J connectivity index is 2.16. The fraction of sp³-hybridized carbons (Fsp3) is 0.588. The zero-order valence-corrected chi connectivity index (χ0v) is 24.6. The van der Waals surface area contributed by atoms with Gasteiger partial charge < -0.3 is 9.47 Å². The van der Waals surface area contributed by atoms with Crippen molar-refractivity contribution in [3.05, 3.63) is 59.7 Å². The van der Waals surface area contributed by atoms with E-state index in [1.165, 1.54) is 77.0 Å². The van der Waals surface area contributed by atoms with Crippen molar-refractivity contribution < 1.29 is 9.47 Å². The second-order valence-electron chi connectivity index (χ2n) is 10.3. The van der Waals surface area contributed by atoms with Crippen LogP contribution in [0.25, 0.3) is 0 Å². The molecule has 0 radical (unpaired) electrons. The van der Waals surface area contributed by atoms with Crippen molar-refractivity contribution in [2.45, 2.75) is 117 Å². The molecule has 2 rings (SSSR count). The van der Waals surface area contributed by atoms with Gasteiger partial charge in [0.25, 0.3) is 0 Å². The van der Waals surface area contributed by atoms with Gasteiger partial charge in [0.2, 0.25) is 0 Å². The van der Waals surface area contributed by atoms with Crippen LogP contribution in [-0.2, 0) is 0 Å². The zero-order chi connectivity index (χ0) is 27.3. The van der Waals surface area contributed by atoms with Crippen LogP contribution in [0.1, 0.15) is 128 Å². The third kappa shape index (κ3) is 12.8. The summed E-state index contributed by atoms with van der Waals surface area (Å²) in [4.78, 5) is 0. The van der Waals surface area contributed by atoms with E-state index in [2.05, 4.69) is 38.1 Å². The molecule has 0 aromatic heterocycles. The lowest BCUT2D eigenvalue weighted by atomic mass is 10.0. The number of benzene rings is 2. The molecule has 0 saturated heterocycles. The van der Waals surface area contributed by atoms with Crippen molar-refractivity contribution in [3.63, 3.8) is 0 Å². The lowest BCUT2D eigenvalue weighted by Gasteiger charge is -2.10. The highest BCUT2D eigenvalue weighted by Gasteiger charge is 2.08. The average Bonchev–Trinajstić information content (AvgIpc) is 2.96. The van der Waals surface area contributed by atoms with E-state index >= 15 is 0 Å². The number of rotatable bonds is 21. The van der Waals surface area contributed by atoms with Crippen molar-refractivity contribution >= 4 is 11.4 Å². The molecule has 4 nitrogen and oxygen atoms in total. The summed E-state index contributed by atoms with van der Waals surface area (Å²) in [6, 6.07) is 16.5. The van der Waals surface area contributed by atoms with Crippen molar-refractivity contribution in [3.8, 4) is 11.5 Å². The van der Waals surface area contributed by atoms with E-state index in [4.69, 9.17) is 19.7 Å². The highest BCUT2D eigenvalue weighted by molar-refractivity contribution is 6.03. The minimum atomic E-state index is 0.866. The molecule has 0 aliphatic heterocycles. The van der Waals surface area contributed by atoms with Gasteiger partial charge in [-0.3, -0.25) is 0 Å². The molecule has 38 heavy (non-hydrogen) atoms. The predicted molar refractivity (Wildman–Crippen MR) is 164 cm³/mol. The number of methoxy groups -OCH3 is 2. The summed E-state index contributed by atoms with van der Waals surface area (Å²) in [7, 11) is 3.41. The molecule has 0 unspecified atom stereocenters. The summed E-state index contributed by atoms with van der Waals surface area (Å²) in [5, 5.41) is 9.78. The Hall–Kier alpha value is -2.62. The van der Waals surface area contributed by atoms with Crippen LogP contribution < -0.4 is 9.47 Å². The van der Waals surface area contributed by atoms with Crippen molar-refractivity contribution in [1.29, 1.82) is 0 Å². The number of ether oxygens (including phenoxy) is 2. The van der Waals surface area contributed by atoms with Crippen LogP contribution >= 0.6 is 0 Å². The molecule has 0 aliphatic carbocycles. The van der Waals surface area contributed by atoms with Gasteiger partial charge in [0.1, 0.15) is 11.5 Å². The number of hydrogen-bond donors (Lipinski definition) is 0. The maximum Gasteiger partial charge on any atom is 0.118 e. The van der Waals surface area contributed by atoms with Gasteiger partial charge in [-0.15, -0.1) is 0 Å². The van der Waals surface area contributed by atoms with Crippen LogP contribution in [0, 0.1) is 0 Å². The fourth-order valence-electron chi connectivity index (χ4n) is 4.69. The second-order valence-corrected chi connectivity index (χ2v) is 10.3. The van der Waals surface area contributed by atoms with Crippen LogP contribution in [0.2, 0.25) is 0 Å². The zero-order valence-electron chi connectivity index (χ0n) is 24.6. The van der Waals surface area contributed by atoms with Crippen molar-refractivity contribution in [2.75, 3.05) is 14.2 Å². The SMILES string of the molecule is CCCCCCCCC/C(=N/N=C(/CCCCCCCCC)c1ccc(OC)cc1)c1ccc(OC)cc1. The molecule has 0 N–H and O–H groups in total. The van der Waals surface area contributed by atoms with Gasteiger partial charge in [-0.25, -0.2) is 0 Å². The van der Waals surface area contributed by atoms with Gasteiger partial charge in [-0.1, -0.05) is 90.9 Å². The van der Waals surface area contributed by atoms with E-state index in [1.807, 2.05) is 24.3 Å². The first-order valence-electron chi connectivity index (χ1n) is 15.1. The van der Waals surface area contributed by atoms with Crippen LogP contribution in [0.5, 0.6) is 11.5 Å². The van der Waals surface area contributed by atoms with E-state index in [-0.39, 0.29) is 0 Å². The first-order valence-corrected chi connectivity index (χ1v) is 15.1. The summed E-state index contributed by atoms with van der Waals surface area (Å²) >= 11 is 0. The molecule has 0 atom stereocenters. The molecular formula is C34H52N2O2. The Bertz CT molecular complexity index is 839. The molecule has 0 bridgehead atoms. The summed E-state index contributed by atoms with van der Waals surface area (Å²) in [6.45, 7) is 4.54. The molecule has 4 heteroatoms. The Labute approximate surface area is 233 Å². The molecule has 2 aromatic carbocycles. The van der Waals surface area contributed by atoms with Crippen molar-refractivity contribution in [2.24, 2.45) is 10.2 Å².